The Morgan fingerprint density at radius 1 is 1.03 bits per heavy atom. The third kappa shape index (κ3) is 5.57. The zero-order chi connectivity index (χ0) is 21.7. The summed E-state index contributed by atoms with van der Waals surface area (Å²) in [6, 6.07) is 16.1. The molecule has 0 spiro atoms. The Balaban J connectivity index is 1.55. The van der Waals surface area contributed by atoms with Crippen molar-refractivity contribution >= 4 is 24.7 Å². The van der Waals surface area contributed by atoms with Crippen LogP contribution in [0.4, 0.5) is 4.79 Å². The molecule has 30 heavy (non-hydrogen) atoms. The van der Waals surface area contributed by atoms with Gasteiger partial charge in [0.05, 0.1) is 0 Å². The van der Waals surface area contributed by atoms with Crippen molar-refractivity contribution < 1.29 is 19.1 Å². The number of amides is 1. The summed E-state index contributed by atoms with van der Waals surface area (Å²) < 4.78 is 10.9. The Morgan fingerprint density at radius 2 is 1.60 bits per heavy atom. The van der Waals surface area contributed by atoms with E-state index in [1.165, 1.54) is 22.3 Å². The van der Waals surface area contributed by atoms with Gasteiger partial charge >= 0.3 is 12.1 Å². The van der Waals surface area contributed by atoms with Gasteiger partial charge in [-0.25, -0.2) is 4.79 Å². The Hall–Kier alpha value is -2.47. The minimum atomic E-state index is -0.520. The quantitative estimate of drug-likeness (QED) is 0.485. The number of fused-ring (bicyclic) bond motifs is 3. The highest BCUT2D eigenvalue weighted by molar-refractivity contribution is 7.80. The molecule has 0 heterocycles. The highest BCUT2D eigenvalue weighted by Crippen LogP contribution is 2.44. The smallest absolute Gasteiger partial charge is 0.407 e. The minimum absolute atomic E-state index is 0.0133. The summed E-state index contributed by atoms with van der Waals surface area (Å²) in [7, 11) is 0. The lowest BCUT2D eigenvalue weighted by Crippen LogP contribution is -2.38. The molecular formula is C24H29NO4S. The zero-order valence-corrected chi connectivity index (χ0v) is 18.6. The lowest BCUT2D eigenvalue weighted by Gasteiger charge is -2.21. The lowest BCUT2D eigenvalue weighted by atomic mass is 9.98. The number of ether oxygens (including phenoxy) is 2. The van der Waals surface area contributed by atoms with Crippen molar-refractivity contribution in [3.05, 3.63) is 59.7 Å². The van der Waals surface area contributed by atoms with Gasteiger partial charge in [0.2, 0.25) is 0 Å². The van der Waals surface area contributed by atoms with Crippen molar-refractivity contribution in [2.24, 2.45) is 0 Å². The Labute approximate surface area is 183 Å². The first-order valence-electron chi connectivity index (χ1n) is 10.2. The van der Waals surface area contributed by atoms with Crippen LogP contribution in [0.25, 0.3) is 11.1 Å². The summed E-state index contributed by atoms with van der Waals surface area (Å²) >= 11 is 4.29. The van der Waals surface area contributed by atoms with Gasteiger partial charge in [-0.15, -0.1) is 0 Å². The normalized spacial score (nSPS) is 13.9. The highest BCUT2D eigenvalue weighted by atomic mass is 32.1. The van der Waals surface area contributed by atoms with E-state index in [0.29, 0.717) is 12.2 Å². The van der Waals surface area contributed by atoms with Crippen LogP contribution in [0.3, 0.4) is 0 Å². The number of thiol groups is 1. The van der Waals surface area contributed by atoms with E-state index in [1.54, 1.807) is 0 Å². The van der Waals surface area contributed by atoms with Crippen LogP contribution in [-0.2, 0) is 14.3 Å². The fourth-order valence-corrected chi connectivity index (χ4v) is 3.97. The summed E-state index contributed by atoms with van der Waals surface area (Å²) in [4.78, 5) is 24.3. The molecule has 160 valence electrons. The monoisotopic (exact) mass is 427 g/mol. The topological polar surface area (TPSA) is 64.6 Å². The van der Waals surface area contributed by atoms with Crippen LogP contribution in [0.2, 0.25) is 0 Å². The molecule has 1 amide bonds. The molecule has 0 saturated heterocycles. The van der Waals surface area contributed by atoms with Crippen molar-refractivity contribution in [2.75, 3.05) is 12.4 Å². The summed E-state index contributed by atoms with van der Waals surface area (Å²) in [5, 5.41) is 2.81. The fraction of sp³-hybridized carbons (Fsp3) is 0.417. The van der Waals surface area contributed by atoms with Crippen LogP contribution < -0.4 is 5.32 Å². The van der Waals surface area contributed by atoms with Gasteiger partial charge in [0.15, 0.2) is 0 Å². The number of carbonyl (C=O) groups excluding carboxylic acids is 2. The molecule has 0 bridgehead atoms. The van der Waals surface area contributed by atoms with E-state index >= 15 is 0 Å². The first-order valence-corrected chi connectivity index (χ1v) is 10.9. The van der Waals surface area contributed by atoms with Gasteiger partial charge in [0.25, 0.3) is 0 Å². The maximum absolute atomic E-state index is 12.4. The minimum Gasteiger partial charge on any atom is -0.460 e. The van der Waals surface area contributed by atoms with Gasteiger partial charge in [-0.1, -0.05) is 48.5 Å². The molecule has 6 heteroatoms. The van der Waals surface area contributed by atoms with Gasteiger partial charge in [-0.05, 0) is 49.4 Å². The first-order chi connectivity index (χ1) is 14.3. The molecule has 0 aromatic heterocycles. The molecular weight excluding hydrogens is 398 g/mol. The molecule has 2 aromatic rings. The van der Waals surface area contributed by atoms with E-state index in [1.807, 2.05) is 45.0 Å². The summed E-state index contributed by atoms with van der Waals surface area (Å²) in [6.07, 6.45) is 0.162. The maximum Gasteiger partial charge on any atom is 0.407 e. The average molecular weight is 428 g/mol. The second-order valence-electron chi connectivity index (χ2n) is 8.47. The second-order valence-corrected chi connectivity index (χ2v) is 8.84. The molecule has 1 aliphatic carbocycles. The van der Waals surface area contributed by atoms with E-state index in [-0.39, 0.29) is 31.0 Å². The zero-order valence-electron chi connectivity index (χ0n) is 17.7. The van der Waals surface area contributed by atoms with Gasteiger partial charge in [-0.3, -0.25) is 4.79 Å². The van der Waals surface area contributed by atoms with Crippen LogP contribution in [0, 0.1) is 0 Å². The van der Waals surface area contributed by atoms with Crippen molar-refractivity contribution in [1.29, 1.82) is 0 Å². The number of nitrogens with one attached hydrogen (secondary N) is 1. The summed E-state index contributed by atoms with van der Waals surface area (Å²) in [6.45, 7) is 5.74. The molecule has 0 radical (unpaired) electrons. The van der Waals surface area contributed by atoms with Gasteiger partial charge < -0.3 is 14.8 Å². The molecule has 0 aliphatic heterocycles. The van der Waals surface area contributed by atoms with E-state index < -0.39 is 11.7 Å². The van der Waals surface area contributed by atoms with E-state index in [9.17, 15) is 9.59 Å². The van der Waals surface area contributed by atoms with Crippen LogP contribution in [0.5, 0.6) is 0 Å². The van der Waals surface area contributed by atoms with Gasteiger partial charge in [-0.2, -0.15) is 12.6 Å². The van der Waals surface area contributed by atoms with E-state index in [4.69, 9.17) is 9.47 Å². The van der Waals surface area contributed by atoms with Crippen LogP contribution >= 0.6 is 12.6 Å². The van der Waals surface area contributed by atoms with Crippen molar-refractivity contribution in [1.82, 2.24) is 5.32 Å². The van der Waals surface area contributed by atoms with Crippen molar-refractivity contribution in [2.45, 2.75) is 51.2 Å². The Kier molecular flexibility index (Phi) is 7.08. The predicted molar refractivity (Wildman–Crippen MR) is 121 cm³/mol. The SMILES string of the molecule is CC(C)(C)OC(=O)CCC(CS)NC(=O)OCC1c2ccccc2-c2ccccc21. The van der Waals surface area contributed by atoms with Crippen LogP contribution in [0.1, 0.15) is 50.7 Å². The lowest BCUT2D eigenvalue weighted by molar-refractivity contribution is -0.155. The summed E-state index contributed by atoms with van der Waals surface area (Å²) in [5.41, 5.74) is 4.19. The van der Waals surface area contributed by atoms with Crippen molar-refractivity contribution in [3.8, 4) is 11.1 Å². The predicted octanol–water partition coefficient (Wildman–Crippen LogP) is 4.95. The van der Waals surface area contributed by atoms with E-state index in [2.05, 4.69) is 42.2 Å². The fourth-order valence-electron chi connectivity index (χ4n) is 3.70. The number of alkyl carbamates (subject to hydrolysis) is 1. The number of benzene rings is 2. The number of carbonyl (C=O) groups is 2. The van der Waals surface area contributed by atoms with Crippen LogP contribution in [0.15, 0.2) is 48.5 Å². The number of hydrogen-bond donors (Lipinski definition) is 2. The molecule has 0 saturated carbocycles. The molecule has 3 rings (SSSR count). The number of rotatable bonds is 7. The standard InChI is InChI=1S/C24H29NO4S/c1-24(2,3)29-22(26)13-12-16(15-30)25-23(27)28-14-21-19-10-6-4-8-17(19)18-9-5-7-11-20(18)21/h4-11,16,21,30H,12-15H2,1-3H3,(H,25,27). The molecule has 1 aliphatic rings. The Morgan fingerprint density at radius 3 is 2.13 bits per heavy atom. The third-order valence-corrected chi connectivity index (χ3v) is 5.44. The number of esters is 1. The molecule has 5 nitrogen and oxygen atoms in total. The molecule has 1 N–H and O–H groups in total. The number of hydrogen-bond acceptors (Lipinski definition) is 5. The van der Waals surface area contributed by atoms with E-state index in [0.717, 1.165) is 0 Å². The third-order valence-electron chi connectivity index (χ3n) is 5.00. The van der Waals surface area contributed by atoms with Crippen LogP contribution in [-0.4, -0.2) is 36.1 Å². The summed E-state index contributed by atoms with van der Waals surface area (Å²) in [5.74, 6) is 0.135. The Bertz CT molecular complexity index is 861. The molecule has 1 unspecified atom stereocenters. The van der Waals surface area contributed by atoms with Crippen molar-refractivity contribution in [3.63, 3.8) is 0 Å². The van der Waals surface area contributed by atoms with Gasteiger partial charge in [0.1, 0.15) is 12.2 Å². The maximum atomic E-state index is 12.4. The average Bonchev–Trinajstić information content (AvgIpc) is 3.02. The first kappa shape index (κ1) is 22.2. The largest absolute Gasteiger partial charge is 0.460 e. The van der Waals surface area contributed by atoms with Gasteiger partial charge in [0, 0.05) is 24.1 Å². The molecule has 0 fully saturated rings. The second kappa shape index (κ2) is 9.56. The highest BCUT2D eigenvalue weighted by Gasteiger charge is 2.29. The molecule has 1 atom stereocenters. The molecule has 2 aromatic carbocycles.